The Bertz CT molecular complexity index is 323. The highest BCUT2D eigenvalue weighted by Crippen LogP contribution is 2.14. The van der Waals surface area contributed by atoms with Gasteiger partial charge in [-0.2, -0.15) is 0 Å². The number of rotatable bonds is 4. The Morgan fingerprint density at radius 2 is 2.29 bits per heavy atom. The molecule has 1 unspecified atom stereocenters. The van der Waals surface area contributed by atoms with Crippen LogP contribution in [0.15, 0.2) is 24.3 Å². The third-order valence-corrected chi connectivity index (χ3v) is 1.96. The van der Waals surface area contributed by atoms with Crippen LogP contribution >= 0.6 is 0 Å². The van der Waals surface area contributed by atoms with Crippen LogP contribution in [0.2, 0.25) is 0 Å². The molecule has 0 spiro atoms. The van der Waals surface area contributed by atoms with E-state index in [4.69, 9.17) is 10.5 Å². The Hall–Kier alpha value is -1.35. The van der Waals surface area contributed by atoms with Gasteiger partial charge >= 0.3 is 0 Å². The van der Waals surface area contributed by atoms with Gasteiger partial charge in [-0.25, -0.2) is 0 Å². The van der Waals surface area contributed by atoms with Crippen molar-refractivity contribution >= 4 is 5.78 Å². The molecule has 1 aromatic carbocycles. The molecule has 1 aromatic rings. The minimum atomic E-state index is -0.471. The molecule has 76 valence electrons. The van der Waals surface area contributed by atoms with Gasteiger partial charge in [-0.05, 0) is 31.5 Å². The molecule has 0 bridgehead atoms. The van der Waals surface area contributed by atoms with E-state index in [1.165, 1.54) is 0 Å². The first kappa shape index (κ1) is 10.7. The third-order valence-electron chi connectivity index (χ3n) is 1.96. The van der Waals surface area contributed by atoms with Crippen LogP contribution in [0.25, 0.3) is 0 Å². The first-order valence-electron chi connectivity index (χ1n) is 4.59. The van der Waals surface area contributed by atoms with E-state index >= 15 is 0 Å². The Kier molecular flexibility index (Phi) is 3.65. The highest BCUT2D eigenvalue weighted by molar-refractivity contribution is 5.84. The topological polar surface area (TPSA) is 52.3 Å². The van der Waals surface area contributed by atoms with Crippen LogP contribution in [-0.4, -0.2) is 18.4 Å². The van der Waals surface area contributed by atoms with Crippen molar-refractivity contribution in [2.24, 2.45) is 5.73 Å². The van der Waals surface area contributed by atoms with Crippen LogP contribution in [0.4, 0.5) is 0 Å². The molecule has 0 fully saturated rings. The molecule has 14 heavy (non-hydrogen) atoms. The molecule has 3 nitrogen and oxygen atoms in total. The SMILES string of the molecule is Cc1cccc(OC(C)C(=O)CN)c1. The number of carbonyl (C=O) groups excluding carboxylic acids is 1. The van der Waals surface area contributed by atoms with Crippen molar-refractivity contribution in [1.29, 1.82) is 0 Å². The maximum atomic E-state index is 11.2. The van der Waals surface area contributed by atoms with Crippen LogP contribution in [0, 0.1) is 6.92 Å². The Morgan fingerprint density at radius 3 is 2.86 bits per heavy atom. The van der Waals surface area contributed by atoms with Gasteiger partial charge in [0.05, 0.1) is 6.54 Å². The summed E-state index contributed by atoms with van der Waals surface area (Å²) in [6, 6.07) is 7.58. The van der Waals surface area contributed by atoms with E-state index in [0.717, 1.165) is 5.56 Å². The first-order chi connectivity index (χ1) is 6.63. The lowest BCUT2D eigenvalue weighted by Crippen LogP contribution is -2.30. The van der Waals surface area contributed by atoms with Gasteiger partial charge in [0.1, 0.15) is 5.75 Å². The third kappa shape index (κ3) is 2.85. The highest BCUT2D eigenvalue weighted by atomic mass is 16.5. The van der Waals surface area contributed by atoms with Crippen molar-refractivity contribution in [3.8, 4) is 5.75 Å². The molecule has 0 aliphatic carbocycles. The fourth-order valence-electron chi connectivity index (χ4n) is 1.12. The minimum absolute atomic E-state index is 0.0208. The average Bonchev–Trinajstić information content (AvgIpc) is 2.16. The molecule has 3 heteroatoms. The van der Waals surface area contributed by atoms with Crippen molar-refractivity contribution < 1.29 is 9.53 Å². The second kappa shape index (κ2) is 4.77. The van der Waals surface area contributed by atoms with Gasteiger partial charge in [0, 0.05) is 0 Å². The largest absolute Gasteiger partial charge is 0.483 e. The number of hydrogen-bond donors (Lipinski definition) is 1. The summed E-state index contributed by atoms with van der Waals surface area (Å²) in [6.45, 7) is 3.70. The smallest absolute Gasteiger partial charge is 0.186 e. The summed E-state index contributed by atoms with van der Waals surface area (Å²) in [5.74, 6) is 0.616. The van der Waals surface area contributed by atoms with Crippen molar-refractivity contribution in [3.63, 3.8) is 0 Å². The van der Waals surface area contributed by atoms with E-state index in [9.17, 15) is 4.79 Å². The van der Waals surface area contributed by atoms with E-state index in [1.54, 1.807) is 6.92 Å². The summed E-state index contributed by atoms with van der Waals surface area (Å²) in [5.41, 5.74) is 6.33. The maximum Gasteiger partial charge on any atom is 0.186 e. The Morgan fingerprint density at radius 1 is 1.57 bits per heavy atom. The lowest BCUT2D eigenvalue weighted by atomic mass is 10.2. The molecule has 0 heterocycles. The molecular weight excluding hydrogens is 178 g/mol. The number of benzene rings is 1. The molecule has 1 rings (SSSR count). The van der Waals surface area contributed by atoms with Gasteiger partial charge in [0.15, 0.2) is 11.9 Å². The number of ether oxygens (including phenoxy) is 1. The monoisotopic (exact) mass is 193 g/mol. The molecule has 2 N–H and O–H groups in total. The Balaban J connectivity index is 2.64. The number of aryl methyl sites for hydroxylation is 1. The summed E-state index contributed by atoms with van der Waals surface area (Å²) in [6.07, 6.45) is -0.471. The quantitative estimate of drug-likeness (QED) is 0.784. The number of Topliss-reactive ketones (excluding diaryl/α,β-unsaturated/α-hetero) is 1. The second-order valence-electron chi connectivity index (χ2n) is 3.25. The Labute approximate surface area is 83.9 Å². The number of nitrogens with two attached hydrogens (primary N) is 1. The number of carbonyl (C=O) groups is 1. The average molecular weight is 193 g/mol. The minimum Gasteiger partial charge on any atom is -0.483 e. The zero-order valence-electron chi connectivity index (χ0n) is 8.49. The highest BCUT2D eigenvalue weighted by Gasteiger charge is 2.11. The summed E-state index contributed by atoms with van der Waals surface area (Å²) in [4.78, 5) is 11.2. The predicted octanol–water partition coefficient (Wildman–Crippen LogP) is 1.29. The van der Waals surface area contributed by atoms with Crippen molar-refractivity contribution in [3.05, 3.63) is 29.8 Å². The molecule has 0 aromatic heterocycles. The van der Waals surface area contributed by atoms with Gasteiger partial charge in [-0.1, -0.05) is 12.1 Å². The normalized spacial score (nSPS) is 12.2. The lowest BCUT2D eigenvalue weighted by molar-refractivity contribution is -0.123. The van der Waals surface area contributed by atoms with Gasteiger partial charge < -0.3 is 10.5 Å². The fourth-order valence-corrected chi connectivity index (χ4v) is 1.12. The van der Waals surface area contributed by atoms with Crippen LogP contribution < -0.4 is 10.5 Å². The molecule has 0 saturated heterocycles. The lowest BCUT2D eigenvalue weighted by Gasteiger charge is -2.12. The van der Waals surface area contributed by atoms with E-state index in [2.05, 4.69) is 0 Å². The van der Waals surface area contributed by atoms with E-state index in [1.807, 2.05) is 31.2 Å². The standard InChI is InChI=1S/C11H15NO2/c1-8-4-3-5-10(6-8)14-9(2)11(13)7-12/h3-6,9H,7,12H2,1-2H3. The van der Waals surface area contributed by atoms with Crippen molar-refractivity contribution in [2.45, 2.75) is 20.0 Å². The van der Waals surface area contributed by atoms with Crippen LogP contribution in [-0.2, 0) is 4.79 Å². The fraction of sp³-hybridized carbons (Fsp3) is 0.364. The number of hydrogen-bond acceptors (Lipinski definition) is 3. The molecule has 0 aliphatic heterocycles. The van der Waals surface area contributed by atoms with Crippen LogP contribution in [0.3, 0.4) is 0 Å². The zero-order valence-corrected chi connectivity index (χ0v) is 8.49. The van der Waals surface area contributed by atoms with Gasteiger partial charge in [0.2, 0.25) is 0 Å². The summed E-state index contributed by atoms with van der Waals surface area (Å²) in [7, 11) is 0. The van der Waals surface area contributed by atoms with Crippen LogP contribution in [0.5, 0.6) is 5.75 Å². The predicted molar refractivity (Wildman–Crippen MR) is 55.3 cm³/mol. The molecule has 0 saturated carbocycles. The molecule has 1 atom stereocenters. The maximum absolute atomic E-state index is 11.2. The van der Waals surface area contributed by atoms with E-state index in [-0.39, 0.29) is 12.3 Å². The van der Waals surface area contributed by atoms with Gasteiger partial charge in [-0.15, -0.1) is 0 Å². The van der Waals surface area contributed by atoms with Crippen molar-refractivity contribution in [2.75, 3.05) is 6.54 Å². The molecule has 0 amide bonds. The number of ketones is 1. The summed E-state index contributed by atoms with van der Waals surface area (Å²) in [5, 5.41) is 0. The molecule has 0 radical (unpaired) electrons. The summed E-state index contributed by atoms with van der Waals surface area (Å²) >= 11 is 0. The molecule has 0 aliphatic rings. The van der Waals surface area contributed by atoms with E-state index < -0.39 is 6.10 Å². The van der Waals surface area contributed by atoms with E-state index in [0.29, 0.717) is 5.75 Å². The molecular formula is C11H15NO2. The second-order valence-corrected chi connectivity index (χ2v) is 3.25. The summed E-state index contributed by atoms with van der Waals surface area (Å²) < 4.78 is 5.42. The van der Waals surface area contributed by atoms with Gasteiger partial charge in [0.25, 0.3) is 0 Å². The van der Waals surface area contributed by atoms with Crippen LogP contribution in [0.1, 0.15) is 12.5 Å². The first-order valence-corrected chi connectivity index (χ1v) is 4.59. The van der Waals surface area contributed by atoms with Crippen molar-refractivity contribution in [1.82, 2.24) is 0 Å². The van der Waals surface area contributed by atoms with Gasteiger partial charge in [-0.3, -0.25) is 4.79 Å². The zero-order chi connectivity index (χ0) is 10.6.